The molecule has 7 nitrogen and oxygen atoms in total. The van der Waals surface area contributed by atoms with E-state index in [1.54, 1.807) is 19.9 Å². The molecule has 1 aliphatic heterocycles. The number of nitro benzene ring substituents is 1. The van der Waals surface area contributed by atoms with Crippen LogP contribution in [0.4, 0.5) is 5.69 Å². The number of morpholine rings is 1. The number of nitro groups is 1. The van der Waals surface area contributed by atoms with Gasteiger partial charge in [-0.3, -0.25) is 10.1 Å². The van der Waals surface area contributed by atoms with E-state index in [1.165, 1.54) is 11.2 Å². The molecule has 0 unspecified atom stereocenters. The van der Waals surface area contributed by atoms with Gasteiger partial charge in [0.1, 0.15) is 0 Å². The molecular formula is C13H18N2O5S. The van der Waals surface area contributed by atoms with Gasteiger partial charge in [-0.25, -0.2) is 8.42 Å². The number of hydrogen-bond donors (Lipinski definition) is 0. The van der Waals surface area contributed by atoms with Crippen LogP contribution in [0.1, 0.15) is 16.7 Å². The van der Waals surface area contributed by atoms with E-state index in [9.17, 15) is 18.5 Å². The highest BCUT2D eigenvalue weighted by atomic mass is 32.2. The van der Waals surface area contributed by atoms with Crippen LogP contribution in [0.25, 0.3) is 0 Å². The second-order valence-corrected chi connectivity index (χ2v) is 6.96. The quantitative estimate of drug-likeness (QED) is 0.623. The Hall–Kier alpha value is -1.51. The minimum absolute atomic E-state index is 0.0432. The molecule has 0 radical (unpaired) electrons. The Morgan fingerprint density at radius 3 is 2.29 bits per heavy atom. The van der Waals surface area contributed by atoms with Crippen LogP contribution in [0.2, 0.25) is 0 Å². The summed E-state index contributed by atoms with van der Waals surface area (Å²) in [4.78, 5) is 10.7. The van der Waals surface area contributed by atoms with E-state index in [1.807, 2.05) is 0 Å². The number of benzene rings is 1. The van der Waals surface area contributed by atoms with Crippen molar-refractivity contribution in [1.82, 2.24) is 4.31 Å². The largest absolute Gasteiger partial charge is 0.379 e. The summed E-state index contributed by atoms with van der Waals surface area (Å²) in [5.41, 5.74) is 1.06. The van der Waals surface area contributed by atoms with Crippen LogP contribution >= 0.6 is 0 Å². The van der Waals surface area contributed by atoms with Crippen molar-refractivity contribution in [3.8, 4) is 0 Å². The van der Waals surface area contributed by atoms with Crippen molar-refractivity contribution in [1.29, 1.82) is 0 Å². The molecule has 8 heteroatoms. The van der Waals surface area contributed by atoms with Gasteiger partial charge in [0.15, 0.2) is 0 Å². The molecule has 21 heavy (non-hydrogen) atoms. The maximum Gasteiger partial charge on any atom is 0.276 e. The van der Waals surface area contributed by atoms with Gasteiger partial charge in [0, 0.05) is 24.2 Å². The Morgan fingerprint density at radius 1 is 1.19 bits per heavy atom. The third-order valence-electron chi connectivity index (χ3n) is 3.61. The summed E-state index contributed by atoms with van der Waals surface area (Å²) in [7, 11) is -3.75. The van der Waals surface area contributed by atoms with Gasteiger partial charge in [0.2, 0.25) is 10.0 Å². The normalized spacial score (nSPS) is 16.9. The highest BCUT2D eigenvalue weighted by Crippen LogP contribution is 2.33. The van der Waals surface area contributed by atoms with Gasteiger partial charge in [-0.05, 0) is 32.4 Å². The smallest absolute Gasteiger partial charge is 0.276 e. The minimum atomic E-state index is -3.75. The van der Waals surface area contributed by atoms with Crippen LogP contribution in [-0.2, 0) is 14.8 Å². The maximum absolute atomic E-state index is 12.8. The van der Waals surface area contributed by atoms with Crippen LogP contribution in [0.15, 0.2) is 11.0 Å². The van der Waals surface area contributed by atoms with Crippen LogP contribution in [0.3, 0.4) is 0 Å². The molecule has 0 bridgehead atoms. The average Bonchev–Trinajstić information content (AvgIpc) is 2.38. The van der Waals surface area contributed by atoms with Gasteiger partial charge >= 0.3 is 0 Å². The molecule has 0 amide bonds. The zero-order valence-electron chi connectivity index (χ0n) is 12.2. The Morgan fingerprint density at radius 2 is 1.76 bits per heavy atom. The predicted molar refractivity (Wildman–Crippen MR) is 76.9 cm³/mol. The van der Waals surface area contributed by atoms with E-state index in [0.717, 1.165) is 0 Å². The first-order valence-electron chi connectivity index (χ1n) is 6.60. The lowest BCUT2D eigenvalue weighted by molar-refractivity contribution is -0.386. The Balaban J connectivity index is 2.62. The van der Waals surface area contributed by atoms with Crippen LogP contribution in [0, 0.1) is 30.9 Å². The molecule has 1 heterocycles. The van der Waals surface area contributed by atoms with Gasteiger partial charge in [-0.1, -0.05) is 0 Å². The first-order chi connectivity index (χ1) is 9.76. The topological polar surface area (TPSA) is 89.8 Å². The van der Waals surface area contributed by atoms with Crippen LogP contribution in [0.5, 0.6) is 0 Å². The van der Waals surface area contributed by atoms with Gasteiger partial charge in [0.05, 0.1) is 23.0 Å². The molecule has 1 aromatic rings. The van der Waals surface area contributed by atoms with Crippen molar-refractivity contribution in [2.45, 2.75) is 25.7 Å². The molecule has 116 valence electrons. The van der Waals surface area contributed by atoms with Crippen molar-refractivity contribution < 1.29 is 18.1 Å². The van der Waals surface area contributed by atoms with Gasteiger partial charge < -0.3 is 4.74 Å². The van der Waals surface area contributed by atoms with Gasteiger partial charge in [0.25, 0.3) is 5.69 Å². The van der Waals surface area contributed by atoms with E-state index < -0.39 is 14.9 Å². The van der Waals surface area contributed by atoms with E-state index in [4.69, 9.17) is 4.74 Å². The molecule has 0 spiro atoms. The third-order valence-corrected chi connectivity index (χ3v) is 5.80. The first kappa shape index (κ1) is 15.9. The first-order valence-corrected chi connectivity index (χ1v) is 8.04. The van der Waals surface area contributed by atoms with Crippen molar-refractivity contribution in [2.24, 2.45) is 0 Å². The van der Waals surface area contributed by atoms with E-state index in [2.05, 4.69) is 0 Å². The van der Waals surface area contributed by atoms with Gasteiger partial charge in [-0.15, -0.1) is 0 Å². The molecule has 0 aromatic heterocycles. The van der Waals surface area contributed by atoms with Crippen LogP contribution in [-0.4, -0.2) is 43.9 Å². The summed E-state index contributed by atoms with van der Waals surface area (Å²) in [6.07, 6.45) is 0. The lowest BCUT2D eigenvalue weighted by atomic mass is 10.1. The number of ether oxygens (including phenoxy) is 1. The summed E-state index contributed by atoms with van der Waals surface area (Å²) >= 11 is 0. The fourth-order valence-corrected chi connectivity index (χ4v) is 4.59. The molecule has 1 fully saturated rings. The Bertz CT molecular complexity index is 678. The van der Waals surface area contributed by atoms with Crippen molar-refractivity contribution in [3.63, 3.8) is 0 Å². The number of nitrogens with zero attached hydrogens (tertiary/aromatic N) is 2. The molecule has 1 aromatic carbocycles. The average molecular weight is 314 g/mol. The molecule has 0 N–H and O–H groups in total. The molecule has 0 saturated carbocycles. The minimum Gasteiger partial charge on any atom is -0.379 e. The molecular weight excluding hydrogens is 296 g/mol. The maximum atomic E-state index is 12.8. The fourth-order valence-electron chi connectivity index (χ4n) is 2.75. The zero-order valence-corrected chi connectivity index (χ0v) is 13.1. The van der Waals surface area contributed by atoms with Crippen molar-refractivity contribution in [3.05, 3.63) is 32.9 Å². The molecule has 1 saturated heterocycles. The van der Waals surface area contributed by atoms with Crippen LogP contribution < -0.4 is 0 Å². The second kappa shape index (κ2) is 5.70. The molecule has 0 atom stereocenters. The predicted octanol–water partition coefficient (Wildman–Crippen LogP) is 1.54. The Kier molecular flexibility index (Phi) is 4.31. The summed E-state index contributed by atoms with van der Waals surface area (Å²) in [5, 5.41) is 11.2. The highest BCUT2D eigenvalue weighted by molar-refractivity contribution is 7.89. The standard InChI is InChI=1S/C13H18N2O5S/c1-9-8-10(2)13(11(3)12(9)15(16)17)21(18,19)14-4-6-20-7-5-14/h8H,4-7H2,1-3H3. The fraction of sp³-hybridized carbons (Fsp3) is 0.538. The number of hydrogen-bond acceptors (Lipinski definition) is 5. The Labute approximate surface area is 123 Å². The van der Waals surface area contributed by atoms with Crippen molar-refractivity contribution in [2.75, 3.05) is 26.3 Å². The van der Waals surface area contributed by atoms with E-state index >= 15 is 0 Å². The summed E-state index contributed by atoms with van der Waals surface area (Å²) in [5.74, 6) is 0. The summed E-state index contributed by atoms with van der Waals surface area (Å²) in [6, 6.07) is 1.55. The monoisotopic (exact) mass is 314 g/mol. The van der Waals surface area contributed by atoms with Gasteiger partial charge in [-0.2, -0.15) is 4.31 Å². The lowest BCUT2D eigenvalue weighted by Gasteiger charge is -2.27. The summed E-state index contributed by atoms with van der Waals surface area (Å²) in [6.45, 7) is 5.98. The number of aryl methyl sites for hydroxylation is 2. The lowest BCUT2D eigenvalue weighted by Crippen LogP contribution is -2.41. The molecule has 1 aliphatic rings. The number of sulfonamides is 1. The molecule has 0 aliphatic carbocycles. The zero-order chi connectivity index (χ0) is 15.8. The number of rotatable bonds is 3. The molecule has 2 rings (SSSR count). The third kappa shape index (κ3) is 2.78. The van der Waals surface area contributed by atoms with E-state index in [0.29, 0.717) is 24.3 Å². The SMILES string of the molecule is Cc1cc(C)c(S(=O)(=O)N2CCOCC2)c(C)c1[N+](=O)[O-]. The summed E-state index contributed by atoms with van der Waals surface area (Å²) < 4.78 is 32.0. The van der Waals surface area contributed by atoms with Crippen molar-refractivity contribution >= 4 is 15.7 Å². The second-order valence-electron chi connectivity index (χ2n) is 5.09. The highest BCUT2D eigenvalue weighted by Gasteiger charge is 2.33. The van der Waals surface area contributed by atoms with E-state index in [-0.39, 0.29) is 29.2 Å².